The van der Waals surface area contributed by atoms with Crippen molar-refractivity contribution < 1.29 is 0 Å². The van der Waals surface area contributed by atoms with Gasteiger partial charge in [0.2, 0.25) is 0 Å². The third kappa shape index (κ3) is 2.51. The van der Waals surface area contributed by atoms with E-state index in [4.69, 9.17) is 9.98 Å². The maximum atomic E-state index is 5.11. The highest BCUT2D eigenvalue weighted by Crippen LogP contribution is 2.48. The fourth-order valence-corrected chi connectivity index (χ4v) is 6.60. The Morgan fingerprint density at radius 3 is 1.82 bits per heavy atom. The number of benzene rings is 7. The first-order valence-corrected chi connectivity index (χ1v) is 13.0. The summed E-state index contributed by atoms with van der Waals surface area (Å²) in [4.78, 5) is 10.2. The van der Waals surface area contributed by atoms with Crippen LogP contribution in [0.5, 0.6) is 0 Å². The molecular weight excluding hydrogens is 460 g/mol. The zero-order valence-corrected chi connectivity index (χ0v) is 20.4. The molecular formula is C36H20N2. The zero-order valence-electron chi connectivity index (χ0n) is 20.4. The van der Waals surface area contributed by atoms with Gasteiger partial charge in [0.25, 0.3) is 0 Å². The first-order chi connectivity index (χ1) is 18.9. The number of fused-ring (bicyclic) bond motifs is 12. The van der Waals surface area contributed by atoms with Crippen molar-refractivity contribution in [3.63, 3.8) is 0 Å². The monoisotopic (exact) mass is 480 g/mol. The molecule has 2 heteroatoms. The van der Waals surface area contributed by atoms with Crippen LogP contribution in [0.2, 0.25) is 0 Å². The molecule has 0 bridgehead atoms. The van der Waals surface area contributed by atoms with Gasteiger partial charge in [0, 0.05) is 21.6 Å². The van der Waals surface area contributed by atoms with Crippen LogP contribution in [-0.4, -0.2) is 0 Å². The van der Waals surface area contributed by atoms with Crippen LogP contribution >= 0.6 is 0 Å². The summed E-state index contributed by atoms with van der Waals surface area (Å²) >= 11 is 0. The molecule has 2 aliphatic heterocycles. The molecule has 2 aliphatic rings. The molecule has 7 aromatic carbocycles. The van der Waals surface area contributed by atoms with Crippen LogP contribution in [0.15, 0.2) is 131 Å². The average Bonchev–Trinajstić information content (AvgIpc) is 3.55. The molecule has 38 heavy (non-hydrogen) atoms. The van der Waals surface area contributed by atoms with E-state index in [1.54, 1.807) is 0 Å². The van der Waals surface area contributed by atoms with Crippen LogP contribution < -0.4 is 10.7 Å². The molecule has 174 valence electrons. The van der Waals surface area contributed by atoms with Crippen molar-refractivity contribution in [2.45, 2.75) is 0 Å². The number of para-hydroxylation sites is 1. The molecule has 0 amide bonds. The molecule has 0 radical (unpaired) electrons. The van der Waals surface area contributed by atoms with Gasteiger partial charge in [0.05, 0.1) is 22.1 Å². The van der Waals surface area contributed by atoms with E-state index in [2.05, 4.69) is 121 Å². The molecule has 0 fully saturated rings. The summed E-state index contributed by atoms with van der Waals surface area (Å²) in [5.41, 5.74) is 6.81. The van der Waals surface area contributed by atoms with E-state index in [9.17, 15) is 0 Å². The molecule has 0 aromatic heterocycles. The molecule has 9 rings (SSSR count). The van der Waals surface area contributed by atoms with Gasteiger partial charge in [-0.05, 0) is 67.7 Å². The summed E-state index contributed by atoms with van der Waals surface area (Å²) in [5.74, 6) is 0. The smallest absolute Gasteiger partial charge is 0.0817 e. The van der Waals surface area contributed by atoms with E-state index in [0.717, 1.165) is 27.7 Å². The molecule has 2 nitrogen and oxygen atoms in total. The number of hydrogen-bond acceptors (Lipinski definition) is 2. The Kier molecular flexibility index (Phi) is 3.82. The molecule has 0 N–H and O–H groups in total. The molecule has 0 unspecified atom stereocenters. The lowest BCUT2D eigenvalue weighted by molar-refractivity contribution is 1.36. The minimum atomic E-state index is 0.998. The summed E-state index contributed by atoms with van der Waals surface area (Å²) < 4.78 is 0. The Hall–Kier alpha value is -5.08. The van der Waals surface area contributed by atoms with E-state index in [-0.39, 0.29) is 0 Å². The Bertz CT molecular complexity index is 2360. The highest BCUT2D eigenvalue weighted by atomic mass is 14.8. The average molecular weight is 481 g/mol. The van der Waals surface area contributed by atoms with E-state index >= 15 is 0 Å². The normalized spacial score (nSPS) is 12.6. The summed E-state index contributed by atoms with van der Waals surface area (Å²) in [6.07, 6.45) is 0. The van der Waals surface area contributed by atoms with Gasteiger partial charge in [-0.15, -0.1) is 0 Å². The zero-order chi connectivity index (χ0) is 24.8. The maximum absolute atomic E-state index is 5.11. The lowest BCUT2D eigenvalue weighted by atomic mass is 9.86. The Morgan fingerprint density at radius 1 is 0.368 bits per heavy atom. The minimum absolute atomic E-state index is 0.998. The topological polar surface area (TPSA) is 24.7 Å². The summed E-state index contributed by atoms with van der Waals surface area (Å²) in [5, 5.41) is 12.1. The van der Waals surface area contributed by atoms with Crippen LogP contribution in [0.4, 0.5) is 11.4 Å². The molecule has 0 saturated carbocycles. The standard InChI is InChI=1S/C36H20N2/c1-2-10-23-21(9-1)22-11-3-4-13-25(22)33-26(23)14-7-15-27(33)28-16-8-18-31-34(28)35-32(37-31)20-19-29-24-12-5-6-17-30(24)38-36(29)35/h1-20H. The van der Waals surface area contributed by atoms with Crippen molar-refractivity contribution >= 4 is 43.7 Å². The van der Waals surface area contributed by atoms with Gasteiger partial charge in [0.1, 0.15) is 0 Å². The Balaban J connectivity index is 1.44. The third-order valence-corrected chi connectivity index (χ3v) is 8.17. The van der Waals surface area contributed by atoms with Crippen LogP contribution in [0, 0.1) is 10.4 Å². The van der Waals surface area contributed by atoms with Crippen molar-refractivity contribution in [1.29, 1.82) is 0 Å². The second-order valence-corrected chi connectivity index (χ2v) is 10.1. The predicted octanol–water partition coefficient (Wildman–Crippen LogP) is 8.30. The van der Waals surface area contributed by atoms with Gasteiger partial charge in [-0.1, -0.05) is 97.1 Å². The van der Waals surface area contributed by atoms with Crippen molar-refractivity contribution in [1.82, 2.24) is 0 Å². The van der Waals surface area contributed by atoms with Gasteiger partial charge in [-0.2, -0.15) is 0 Å². The molecule has 0 spiro atoms. The third-order valence-electron chi connectivity index (χ3n) is 8.17. The van der Waals surface area contributed by atoms with Crippen LogP contribution in [0.25, 0.3) is 54.6 Å². The highest BCUT2D eigenvalue weighted by Gasteiger charge is 2.25. The van der Waals surface area contributed by atoms with Crippen LogP contribution in [-0.2, 0) is 0 Å². The lowest BCUT2D eigenvalue weighted by Crippen LogP contribution is -2.01. The summed E-state index contributed by atoms with van der Waals surface area (Å²) in [6, 6.07) is 43.6. The first kappa shape index (κ1) is 20.0. The largest absolute Gasteiger partial charge is 0.248 e. The Labute approximate surface area is 218 Å². The van der Waals surface area contributed by atoms with Crippen molar-refractivity contribution in [2.75, 3.05) is 0 Å². The van der Waals surface area contributed by atoms with Crippen molar-refractivity contribution in [3.05, 3.63) is 142 Å². The minimum Gasteiger partial charge on any atom is -0.248 e. The van der Waals surface area contributed by atoms with Gasteiger partial charge >= 0.3 is 0 Å². The SMILES string of the molecule is c1cc2c(c(-c3cccc4c5ccccc5c5ccccc5c34)c1)-c1c3c(ccc1=N2)=c1ccccc1=N3. The van der Waals surface area contributed by atoms with E-state index in [1.807, 2.05) is 0 Å². The molecule has 0 saturated heterocycles. The van der Waals surface area contributed by atoms with E-state index in [1.165, 1.54) is 59.4 Å². The van der Waals surface area contributed by atoms with Gasteiger partial charge in [-0.3, -0.25) is 0 Å². The summed E-state index contributed by atoms with van der Waals surface area (Å²) in [6.45, 7) is 0. The number of nitrogens with zero attached hydrogens (tertiary/aromatic N) is 2. The lowest BCUT2D eigenvalue weighted by Gasteiger charge is -2.16. The molecule has 0 atom stereocenters. The Morgan fingerprint density at radius 2 is 1.00 bits per heavy atom. The van der Waals surface area contributed by atoms with Crippen LogP contribution in [0.1, 0.15) is 0 Å². The maximum Gasteiger partial charge on any atom is 0.0817 e. The number of rotatable bonds is 1. The molecule has 2 heterocycles. The van der Waals surface area contributed by atoms with Gasteiger partial charge in [0.15, 0.2) is 0 Å². The van der Waals surface area contributed by atoms with Gasteiger partial charge in [-0.25, -0.2) is 9.98 Å². The fourth-order valence-electron chi connectivity index (χ4n) is 6.60. The van der Waals surface area contributed by atoms with Crippen molar-refractivity contribution in [2.24, 2.45) is 9.98 Å². The molecule has 0 aliphatic carbocycles. The predicted molar refractivity (Wildman–Crippen MR) is 156 cm³/mol. The summed E-state index contributed by atoms with van der Waals surface area (Å²) in [7, 11) is 0. The highest BCUT2D eigenvalue weighted by molar-refractivity contribution is 6.28. The second kappa shape index (κ2) is 7.24. The van der Waals surface area contributed by atoms with E-state index in [0.29, 0.717) is 0 Å². The fraction of sp³-hybridized carbons (Fsp3) is 0. The second-order valence-electron chi connectivity index (χ2n) is 10.1. The quantitative estimate of drug-likeness (QED) is 0.211. The van der Waals surface area contributed by atoms with E-state index < -0.39 is 0 Å². The number of hydrogen-bond donors (Lipinski definition) is 0. The first-order valence-electron chi connectivity index (χ1n) is 13.0. The molecule has 7 aromatic rings. The van der Waals surface area contributed by atoms with Crippen LogP contribution in [0.3, 0.4) is 0 Å². The van der Waals surface area contributed by atoms with Crippen molar-refractivity contribution in [3.8, 4) is 22.3 Å². The van der Waals surface area contributed by atoms with Gasteiger partial charge < -0.3 is 0 Å².